The fourth-order valence-electron chi connectivity index (χ4n) is 1.19. The molecule has 0 amide bonds. The van der Waals surface area contributed by atoms with Crippen molar-refractivity contribution in [3.63, 3.8) is 0 Å². The van der Waals surface area contributed by atoms with E-state index >= 15 is 0 Å². The molecule has 0 saturated heterocycles. The van der Waals surface area contributed by atoms with Gasteiger partial charge in [-0.2, -0.15) is 13.2 Å². The van der Waals surface area contributed by atoms with Gasteiger partial charge in [-0.25, -0.2) is 0 Å². The minimum atomic E-state index is -4.40. The van der Waals surface area contributed by atoms with Crippen molar-refractivity contribution < 1.29 is 27.8 Å². The quantitative estimate of drug-likeness (QED) is 0.835. The van der Waals surface area contributed by atoms with E-state index in [4.69, 9.17) is 0 Å². The predicted molar refractivity (Wildman–Crippen MR) is 53.0 cm³/mol. The predicted octanol–water partition coefficient (Wildman–Crippen LogP) is 2.30. The summed E-state index contributed by atoms with van der Waals surface area (Å²) >= 11 is 0. The first-order chi connectivity index (χ1) is 7.80. The molecule has 1 unspecified atom stereocenters. The van der Waals surface area contributed by atoms with Crippen molar-refractivity contribution in [1.29, 1.82) is 0 Å². The summed E-state index contributed by atoms with van der Waals surface area (Å²) in [5, 5.41) is 9.50. The molecule has 1 aromatic rings. The molecule has 0 bridgehead atoms. The van der Waals surface area contributed by atoms with E-state index < -0.39 is 23.8 Å². The van der Waals surface area contributed by atoms with Gasteiger partial charge in [0, 0.05) is 6.92 Å². The third-order valence-corrected chi connectivity index (χ3v) is 2.07. The van der Waals surface area contributed by atoms with Crippen LogP contribution in [0.15, 0.2) is 24.3 Å². The molecule has 17 heavy (non-hydrogen) atoms. The Balaban J connectivity index is 2.70. The minimum Gasteiger partial charge on any atom is -0.463 e. The van der Waals surface area contributed by atoms with Crippen LogP contribution in [-0.2, 0) is 15.7 Å². The number of alkyl halides is 3. The molecular formula is C11H11F3O3. The lowest BCUT2D eigenvalue weighted by Crippen LogP contribution is -2.11. The molecule has 0 aliphatic heterocycles. The van der Waals surface area contributed by atoms with Crippen LogP contribution in [0, 0.1) is 0 Å². The maximum Gasteiger partial charge on any atom is 0.416 e. The molecule has 0 aliphatic carbocycles. The maximum absolute atomic E-state index is 12.2. The highest BCUT2D eigenvalue weighted by molar-refractivity contribution is 5.65. The number of halogens is 3. The van der Waals surface area contributed by atoms with Crippen molar-refractivity contribution in [1.82, 2.24) is 0 Å². The number of ether oxygens (including phenoxy) is 1. The lowest BCUT2D eigenvalue weighted by atomic mass is 10.1. The molecule has 6 heteroatoms. The molecule has 3 nitrogen and oxygen atoms in total. The highest BCUT2D eigenvalue weighted by Gasteiger charge is 2.30. The van der Waals surface area contributed by atoms with Crippen molar-refractivity contribution >= 4 is 5.97 Å². The second kappa shape index (κ2) is 5.18. The molecule has 1 N–H and O–H groups in total. The van der Waals surface area contributed by atoms with Gasteiger partial charge in [-0.15, -0.1) is 0 Å². The maximum atomic E-state index is 12.2. The fraction of sp³-hybridized carbons (Fsp3) is 0.364. The Morgan fingerprint density at radius 3 is 2.29 bits per heavy atom. The molecule has 1 aromatic carbocycles. The molecule has 0 saturated carbocycles. The number of aliphatic hydroxyl groups is 1. The minimum absolute atomic E-state index is 0.263. The Morgan fingerprint density at radius 1 is 1.35 bits per heavy atom. The van der Waals surface area contributed by atoms with E-state index in [2.05, 4.69) is 4.74 Å². The molecule has 0 aromatic heterocycles. The normalized spacial score (nSPS) is 13.2. The van der Waals surface area contributed by atoms with Gasteiger partial charge in [-0.3, -0.25) is 4.79 Å². The van der Waals surface area contributed by atoms with Crippen LogP contribution >= 0.6 is 0 Å². The van der Waals surface area contributed by atoms with Crippen molar-refractivity contribution in [2.75, 3.05) is 6.61 Å². The van der Waals surface area contributed by atoms with Crippen molar-refractivity contribution in [2.24, 2.45) is 0 Å². The van der Waals surface area contributed by atoms with Gasteiger partial charge in [-0.1, -0.05) is 12.1 Å². The van der Waals surface area contributed by atoms with Crippen LogP contribution in [0.3, 0.4) is 0 Å². The summed E-state index contributed by atoms with van der Waals surface area (Å²) < 4.78 is 41.3. The van der Waals surface area contributed by atoms with E-state index in [1.54, 1.807) is 0 Å². The number of carbonyl (C=O) groups excluding carboxylic acids is 1. The van der Waals surface area contributed by atoms with Gasteiger partial charge in [-0.05, 0) is 17.7 Å². The Bertz CT molecular complexity index is 384. The van der Waals surface area contributed by atoms with Gasteiger partial charge in [0.25, 0.3) is 0 Å². The lowest BCUT2D eigenvalue weighted by Gasteiger charge is -2.12. The summed E-state index contributed by atoms with van der Waals surface area (Å²) in [4.78, 5) is 10.5. The van der Waals surface area contributed by atoms with Gasteiger partial charge in [0.15, 0.2) is 0 Å². The van der Waals surface area contributed by atoms with Crippen molar-refractivity contribution in [3.05, 3.63) is 35.4 Å². The highest BCUT2D eigenvalue weighted by atomic mass is 19.4. The smallest absolute Gasteiger partial charge is 0.416 e. The summed E-state index contributed by atoms with van der Waals surface area (Å²) in [5.41, 5.74) is -0.528. The standard InChI is InChI=1S/C11H11F3O3/c1-7(15)17-6-10(16)8-2-4-9(5-3-8)11(12,13)14/h2-5,10,16H,6H2,1H3. The van der Waals surface area contributed by atoms with E-state index in [1.807, 2.05) is 0 Å². The first kappa shape index (κ1) is 13.5. The molecule has 0 fully saturated rings. The van der Waals surface area contributed by atoms with Gasteiger partial charge in [0.1, 0.15) is 12.7 Å². The second-order valence-electron chi connectivity index (χ2n) is 3.44. The monoisotopic (exact) mass is 248 g/mol. The molecule has 0 aliphatic rings. The van der Waals surface area contributed by atoms with Crippen LogP contribution < -0.4 is 0 Å². The summed E-state index contributed by atoms with van der Waals surface area (Å²) in [6, 6.07) is 4.03. The molecule has 0 radical (unpaired) electrons. The highest BCUT2D eigenvalue weighted by Crippen LogP contribution is 2.29. The average molecular weight is 248 g/mol. The van der Waals surface area contributed by atoms with E-state index in [9.17, 15) is 23.1 Å². The van der Waals surface area contributed by atoms with Gasteiger partial charge < -0.3 is 9.84 Å². The van der Waals surface area contributed by atoms with Gasteiger partial charge in [0.05, 0.1) is 5.56 Å². The number of rotatable bonds is 3. The molecule has 94 valence electrons. The van der Waals surface area contributed by atoms with Gasteiger partial charge >= 0.3 is 12.1 Å². The zero-order valence-electron chi connectivity index (χ0n) is 8.99. The third-order valence-electron chi connectivity index (χ3n) is 2.07. The number of esters is 1. The van der Waals surface area contributed by atoms with Crippen LogP contribution in [-0.4, -0.2) is 17.7 Å². The Morgan fingerprint density at radius 2 is 1.88 bits per heavy atom. The van der Waals surface area contributed by atoms with Crippen LogP contribution in [0.2, 0.25) is 0 Å². The first-order valence-corrected chi connectivity index (χ1v) is 4.79. The van der Waals surface area contributed by atoms with Crippen LogP contribution in [0.1, 0.15) is 24.2 Å². The first-order valence-electron chi connectivity index (χ1n) is 4.79. The molecule has 1 rings (SSSR count). The molecule has 0 spiro atoms. The Hall–Kier alpha value is -1.56. The zero-order valence-corrected chi connectivity index (χ0v) is 8.99. The van der Waals surface area contributed by atoms with Gasteiger partial charge in [0.2, 0.25) is 0 Å². The second-order valence-corrected chi connectivity index (χ2v) is 3.44. The SMILES string of the molecule is CC(=O)OCC(O)c1ccc(C(F)(F)F)cc1. The third kappa shape index (κ3) is 4.07. The van der Waals surface area contributed by atoms with Crippen LogP contribution in [0.5, 0.6) is 0 Å². The largest absolute Gasteiger partial charge is 0.463 e. The molecule has 1 atom stereocenters. The number of benzene rings is 1. The molecule has 0 heterocycles. The number of carbonyl (C=O) groups is 1. The zero-order chi connectivity index (χ0) is 13.1. The Labute approximate surface area is 95.8 Å². The summed E-state index contributed by atoms with van der Waals surface area (Å²) in [6.45, 7) is 0.903. The van der Waals surface area contributed by atoms with Crippen LogP contribution in [0.25, 0.3) is 0 Å². The van der Waals surface area contributed by atoms with Crippen molar-refractivity contribution in [3.8, 4) is 0 Å². The number of aliphatic hydroxyl groups excluding tert-OH is 1. The number of hydrogen-bond acceptors (Lipinski definition) is 3. The van der Waals surface area contributed by atoms with E-state index in [1.165, 1.54) is 6.92 Å². The lowest BCUT2D eigenvalue weighted by molar-refractivity contribution is -0.144. The summed E-state index contributed by atoms with van der Waals surface area (Å²) in [6.07, 6.45) is -5.53. The fourth-order valence-corrected chi connectivity index (χ4v) is 1.19. The summed E-state index contributed by atoms with van der Waals surface area (Å²) in [7, 11) is 0. The Kier molecular flexibility index (Phi) is 4.11. The summed E-state index contributed by atoms with van der Waals surface area (Å²) in [5.74, 6) is -0.559. The van der Waals surface area contributed by atoms with Crippen LogP contribution in [0.4, 0.5) is 13.2 Å². The number of hydrogen-bond donors (Lipinski definition) is 1. The van der Waals surface area contributed by atoms with E-state index in [0.717, 1.165) is 24.3 Å². The molecular weight excluding hydrogens is 237 g/mol. The van der Waals surface area contributed by atoms with E-state index in [-0.39, 0.29) is 12.2 Å². The van der Waals surface area contributed by atoms with E-state index in [0.29, 0.717) is 0 Å². The average Bonchev–Trinajstić information content (AvgIpc) is 2.25. The topological polar surface area (TPSA) is 46.5 Å². The van der Waals surface area contributed by atoms with Crippen molar-refractivity contribution in [2.45, 2.75) is 19.2 Å².